The molecule has 0 aliphatic carbocycles. The molecule has 0 bridgehead atoms. The molecule has 1 heterocycles. The molecule has 20 heavy (non-hydrogen) atoms. The van der Waals surface area contributed by atoms with Crippen LogP contribution in [0.5, 0.6) is 5.75 Å². The van der Waals surface area contributed by atoms with Gasteiger partial charge in [-0.25, -0.2) is 4.79 Å². The summed E-state index contributed by atoms with van der Waals surface area (Å²) in [5, 5.41) is 17.0. The van der Waals surface area contributed by atoms with Crippen molar-refractivity contribution in [3.05, 3.63) is 48.0 Å². The van der Waals surface area contributed by atoms with Crippen molar-refractivity contribution in [2.24, 2.45) is 0 Å². The van der Waals surface area contributed by atoms with Crippen molar-refractivity contribution in [2.45, 2.75) is 0 Å². The van der Waals surface area contributed by atoms with Crippen molar-refractivity contribution in [2.75, 3.05) is 7.11 Å². The van der Waals surface area contributed by atoms with Gasteiger partial charge in [-0.1, -0.05) is 24.3 Å². The minimum Gasteiger partial charge on any atom is -0.496 e. The van der Waals surface area contributed by atoms with Gasteiger partial charge < -0.3 is 9.84 Å². The Morgan fingerprint density at radius 3 is 2.75 bits per heavy atom. The minimum absolute atomic E-state index is 0.205. The van der Waals surface area contributed by atoms with Gasteiger partial charge >= 0.3 is 5.97 Å². The van der Waals surface area contributed by atoms with Gasteiger partial charge in [-0.2, -0.15) is 5.10 Å². The monoisotopic (exact) mass is 268 g/mol. The second-order valence-corrected chi connectivity index (χ2v) is 4.31. The maximum absolute atomic E-state index is 11.2. The number of benzene rings is 2. The van der Waals surface area contributed by atoms with Crippen LogP contribution in [0.2, 0.25) is 0 Å². The van der Waals surface area contributed by atoms with E-state index in [0.29, 0.717) is 17.0 Å². The highest BCUT2D eigenvalue weighted by atomic mass is 16.5. The summed E-state index contributed by atoms with van der Waals surface area (Å²) >= 11 is 0. The number of hydrogen-bond acceptors (Lipinski definition) is 3. The van der Waals surface area contributed by atoms with Crippen LogP contribution in [0, 0.1) is 0 Å². The lowest BCUT2D eigenvalue weighted by atomic mass is 10.0. The zero-order valence-electron chi connectivity index (χ0n) is 10.8. The Kier molecular flexibility index (Phi) is 2.87. The van der Waals surface area contributed by atoms with E-state index >= 15 is 0 Å². The van der Waals surface area contributed by atoms with Gasteiger partial charge in [-0.15, -0.1) is 0 Å². The third-order valence-corrected chi connectivity index (χ3v) is 3.19. The van der Waals surface area contributed by atoms with E-state index in [1.807, 2.05) is 30.3 Å². The average Bonchev–Trinajstić information content (AvgIpc) is 2.90. The minimum atomic E-state index is -0.981. The van der Waals surface area contributed by atoms with Crippen LogP contribution in [0.3, 0.4) is 0 Å². The molecule has 2 aromatic carbocycles. The lowest BCUT2D eigenvalue weighted by Gasteiger charge is -2.05. The number of H-pyrrole nitrogens is 1. The van der Waals surface area contributed by atoms with E-state index in [2.05, 4.69) is 10.2 Å². The number of aromatic nitrogens is 2. The molecule has 0 radical (unpaired) electrons. The summed E-state index contributed by atoms with van der Waals surface area (Å²) in [5.74, 6) is -0.285. The SMILES string of the molecule is COc1ccccc1-c1n[nH]c2c(C(=O)O)cccc12. The number of methoxy groups -OCH3 is 1. The molecular formula is C15H12N2O3. The predicted molar refractivity (Wildman–Crippen MR) is 75.0 cm³/mol. The van der Waals surface area contributed by atoms with E-state index in [4.69, 9.17) is 4.74 Å². The number of carbonyl (C=O) groups is 1. The van der Waals surface area contributed by atoms with Crippen molar-refractivity contribution in [3.8, 4) is 17.0 Å². The number of aromatic amines is 1. The Bertz CT molecular complexity index is 793. The summed E-state index contributed by atoms with van der Waals surface area (Å²) in [6.07, 6.45) is 0. The van der Waals surface area contributed by atoms with Crippen molar-refractivity contribution in [3.63, 3.8) is 0 Å². The van der Waals surface area contributed by atoms with Crippen LogP contribution in [0.4, 0.5) is 0 Å². The fourth-order valence-electron chi connectivity index (χ4n) is 2.27. The fraction of sp³-hybridized carbons (Fsp3) is 0.0667. The molecule has 0 saturated carbocycles. The van der Waals surface area contributed by atoms with Crippen LogP contribution in [0.15, 0.2) is 42.5 Å². The highest BCUT2D eigenvalue weighted by Crippen LogP contribution is 2.33. The molecule has 1 aromatic heterocycles. The van der Waals surface area contributed by atoms with E-state index in [1.165, 1.54) is 0 Å². The first-order valence-corrected chi connectivity index (χ1v) is 6.06. The Morgan fingerprint density at radius 1 is 1.20 bits per heavy atom. The second-order valence-electron chi connectivity index (χ2n) is 4.31. The number of rotatable bonds is 3. The average molecular weight is 268 g/mol. The zero-order chi connectivity index (χ0) is 14.1. The Balaban J connectivity index is 2.28. The van der Waals surface area contributed by atoms with Gasteiger partial charge in [0.2, 0.25) is 0 Å². The van der Waals surface area contributed by atoms with Crippen molar-refractivity contribution >= 4 is 16.9 Å². The van der Waals surface area contributed by atoms with E-state index in [0.717, 1.165) is 10.9 Å². The zero-order valence-corrected chi connectivity index (χ0v) is 10.8. The lowest BCUT2D eigenvalue weighted by molar-refractivity contribution is 0.0699. The smallest absolute Gasteiger partial charge is 0.337 e. The molecule has 100 valence electrons. The predicted octanol–water partition coefficient (Wildman–Crippen LogP) is 2.94. The van der Waals surface area contributed by atoms with Gasteiger partial charge in [0.25, 0.3) is 0 Å². The second kappa shape index (κ2) is 4.70. The first-order valence-electron chi connectivity index (χ1n) is 6.06. The molecule has 0 spiro atoms. The molecule has 0 unspecified atom stereocenters. The van der Waals surface area contributed by atoms with Gasteiger partial charge in [-0.05, 0) is 18.2 Å². The molecular weight excluding hydrogens is 256 g/mol. The molecule has 5 heteroatoms. The van der Waals surface area contributed by atoms with Gasteiger partial charge in [0, 0.05) is 10.9 Å². The summed E-state index contributed by atoms with van der Waals surface area (Å²) in [5.41, 5.74) is 2.22. The number of nitrogens with zero attached hydrogens (tertiary/aromatic N) is 1. The maximum atomic E-state index is 11.2. The summed E-state index contributed by atoms with van der Waals surface area (Å²) in [6, 6.07) is 12.6. The van der Waals surface area contributed by atoms with Crippen LogP contribution in [0.1, 0.15) is 10.4 Å². The number of ether oxygens (including phenoxy) is 1. The maximum Gasteiger partial charge on any atom is 0.337 e. The topological polar surface area (TPSA) is 75.2 Å². The third-order valence-electron chi connectivity index (χ3n) is 3.19. The number of hydrogen-bond donors (Lipinski definition) is 2. The largest absolute Gasteiger partial charge is 0.496 e. The number of carboxylic acid groups (broad SMARTS) is 1. The van der Waals surface area contributed by atoms with Gasteiger partial charge in [0.05, 0.1) is 18.2 Å². The Hall–Kier alpha value is -2.82. The number of fused-ring (bicyclic) bond motifs is 1. The van der Waals surface area contributed by atoms with Crippen LogP contribution in [-0.4, -0.2) is 28.4 Å². The Labute approximate surface area is 114 Å². The molecule has 3 rings (SSSR count). The van der Waals surface area contributed by atoms with Gasteiger partial charge in [0.1, 0.15) is 11.4 Å². The third kappa shape index (κ3) is 1.80. The summed E-state index contributed by atoms with van der Waals surface area (Å²) < 4.78 is 5.33. The Morgan fingerprint density at radius 2 is 2.00 bits per heavy atom. The highest BCUT2D eigenvalue weighted by Gasteiger charge is 2.16. The first-order chi connectivity index (χ1) is 9.72. The van der Waals surface area contributed by atoms with Crippen LogP contribution >= 0.6 is 0 Å². The molecule has 0 atom stereocenters. The van der Waals surface area contributed by atoms with Crippen LogP contribution in [0.25, 0.3) is 22.2 Å². The number of nitrogens with one attached hydrogen (secondary N) is 1. The van der Waals surface area contributed by atoms with Crippen LogP contribution < -0.4 is 4.74 Å². The molecule has 5 nitrogen and oxygen atoms in total. The van der Waals surface area contributed by atoms with E-state index in [-0.39, 0.29) is 5.56 Å². The molecule has 0 fully saturated rings. The highest BCUT2D eigenvalue weighted by molar-refractivity contribution is 6.06. The summed E-state index contributed by atoms with van der Waals surface area (Å²) in [7, 11) is 1.59. The molecule has 0 saturated heterocycles. The van der Waals surface area contributed by atoms with Crippen molar-refractivity contribution in [1.29, 1.82) is 0 Å². The quantitative estimate of drug-likeness (QED) is 0.765. The summed E-state index contributed by atoms with van der Waals surface area (Å²) in [4.78, 5) is 11.2. The lowest BCUT2D eigenvalue weighted by Crippen LogP contribution is -1.96. The van der Waals surface area contributed by atoms with E-state index in [1.54, 1.807) is 19.2 Å². The van der Waals surface area contributed by atoms with Crippen molar-refractivity contribution in [1.82, 2.24) is 10.2 Å². The van der Waals surface area contributed by atoms with Gasteiger partial charge in [0.15, 0.2) is 0 Å². The van der Waals surface area contributed by atoms with Gasteiger partial charge in [-0.3, -0.25) is 5.10 Å². The normalized spacial score (nSPS) is 10.7. The number of para-hydroxylation sites is 2. The summed E-state index contributed by atoms with van der Waals surface area (Å²) in [6.45, 7) is 0. The molecule has 3 aromatic rings. The number of aromatic carboxylic acids is 1. The molecule has 0 aliphatic heterocycles. The molecule has 0 amide bonds. The fourth-order valence-corrected chi connectivity index (χ4v) is 2.27. The van der Waals surface area contributed by atoms with E-state index < -0.39 is 5.97 Å². The molecule has 2 N–H and O–H groups in total. The number of carboxylic acids is 1. The van der Waals surface area contributed by atoms with Crippen molar-refractivity contribution < 1.29 is 14.6 Å². The molecule has 0 aliphatic rings. The first kappa shape index (κ1) is 12.2. The standard InChI is InChI=1S/C15H12N2O3/c1-20-12-8-3-2-5-9(12)13-10-6-4-7-11(15(18)19)14(10)17-16-13/h2-8H,1H3,(H,16,17)(H,18,19). The van der Waals surface area contributed by atoms with Crippen LogP contribution in [-0.2, 0) is 0 Å². The van der Waals surface area contributed by atoms with E-state index in [9.17, 15) is 9.90 Å².